The van der Waals surface area contributed by atoms with Gasteiger partial charge in [-0.1, -0.05) is 30.2 Å². The van der Waals surface area contributed by atoms with Gasteiger partial charge >= 0.3 is 0 Å². The van der Waals surface area contributed by atoms with Gasteiger partial charge in [-0.3, -0.25) is 9.69 Å². The summed E-state index contributed by atoms with van der Waals surface area (Å²) in [5, 5.41) is 12.0. The predicted molar refractivity (Wildman–Crippen MR) is 112 cm³/mol. The lowest BCUT2D eigenvalue weighted by Gasteiger charge is -2.32. The Morgan fingerprint density at radius 3 is 2.61 bits per heavy atom. The second-order valence-corrected chi connectivity index (χ2v) is 9.06. The SMILES string of the molecule is O=C(NC1CCN(Cc2nnn3c2CO[C@@H](c2ccc(F)cc2)C3)CC1)C1CCCC1. The van der Waals surface area contributed by atoms with Gasteiger partial charge in [-0.05, 0) is 43.4 Å². The van der Waals surface area contributed by atoms with Crippen LogP contribution in [0.15, 0.2) is 24.3 Å². The second kappa shape index (κ2) is 9.04. The van der Waals surface area contributed by atoms with Crippen LogP contribution in [0, 0.1) is 11.7 Å². The molecule has 166 valence electrons. The van der Waals surface area contributed by atoms with Crippen molar-refractivity contribution >= 4 is 5.91 Å². The van der Waals surface area contributed by atoms with Gasteiger partial charge in [-0.25, -0.2) is 9.07 Å². The predicted octanol–water partition coefficient (Wildman–Crippen LogP) is 2.96. The van der Waals surface area contributed by atoms with E-state index in [4.69, 9.17) is 4.74 Å². The Bertz CT molecular complexity index is 901. The molecule has 1 amide bonds. The first-order valence-corrected chi connectivity index (χ1v) is 11.5. The van der Waals surface area contributed by atoms with Crippen molar-refractivity contribution in [2.45, 2.75) is 70.4 Å². The van der Waals surface area contributed by atoms with E-state index in [9.17, 15) is 9.18 Å². The molecule has 1 saturated carbocycles. The van der Waals surface area contributed by atoms with Gasteiger partial charge in [-0.2, -0.15) is 0 Å². The molecule has 0 bridgehead atoms. The molecule has 3 heterocycles. The summed E-state index contributed by atoms with van der Waals surface area (Å²) in [7, 11) is 0. The molecular formula is C23H30FN5O2. The highest BCUT2D eigenvalue weighted by atomic mass is 19.1. The van der Waals surface area contributed by atoms with Crippen LogP contribution in [-0.2, 0) is 29.2 Å². The molecule has 1 aromatic carbocycles. The fourth-order valence-corrected chi connectivity index (χ4v) is 5.02. The maximum atomic E-state index is 13.2. The number of ether oxygens (including phenoxy) is 1. The molecule has 1 N–H and O–H groups in total. The average Bonchev–Trinajstić information content (AvgIpc) is 3.46. The number of rotatable bonds is 5. The summed E-state index contributed by atoms with van der Waals surface area (Å²) >= 11 is 0. The molecule has 3 aliphatic rings. The molecule has 1 atom stereocenters. The van der Waals surface area contributed by atoms with E-state index in [1.165, 1.54) is 25.0 Å². The van der Waals surface area contributed by atoms with E-state index in [0.29, 0.717) is 13.2 Å². The first-order chi connectivity index (χ1) is 15.2. The van der Waals surface area contributed by atoms with Gasteiger partial charge in [0.2, 0.25) is 5.91 Å². The Labute approximate surface area is 181 Å². The maximum Gasteiger partial charge on any atom is 0.223 e. The molecule has 31 heavy (non-hydrogen) atoms. The van der Waals surface area contributed by atoms with Crippen LogP contribution in [0.5, 0.6) is 0 Å². The van der Waals surface area contributed by atoms with E-state index in [2.05, 4.69) is 20.5 Å². The van der Waals surface area contributed by atoms with Crippen LogP contribution in [-0.4, -0.2) is 44.9 Å². The number of hydrogen-bond donors (Lipinski definition) is 1. The number of halogens is 1. The largest absolute Gasteiger partial charge is 0.365 e. The van der Waals surface area contributed by atoms with Crippen molar-refractivity contribution in [2.75, 3.05) is 13.1 Å². The van der Waals surface area contributed by atoms with Gasteiger partial charge in [0.1, 0.15) is 17.6 Å². The molecule has 8 heteroatoms. The van der Waals surface area contributed by atoms with Crippen molar-refractivity contribution in [3.05, 3.63) is 47.0 Å². The van der Waals surface area contributed by atoms with Crippen molar-refractivity contribution in [2.24, 2.45) is 5.92 Å². The Hall–Kier alpha value is -2.32. The Morgan fingerprint density at radius 1 is 1.13 bits per heavy atom. The van der Waals surface area contributed by atoms with Crippen molar-refractivity contribution in [1.29, 1.82) is 0 Å². The van der Waals surface area contributed by atoms with Crippen molar-refractivity contribution in [3.63, 3.8) is 0 Å². The van der Waals surface area contributed by atoms with Crippen LogP contribution < -0.4 is 5.32 Å². The highest BCUT2D eigenvalue weighted by molar-refractivity contribution is 5.79. The number of nitrogens with one attached hydrogen (secondary N) is 1. The van der Waals surface area contributed by atoms with Gasteiger partial charge in [0.15, 0.2) is 0 Å². The smallest absolute Gasteiger partial charge is 0.223 e. The number of hydrogen-bond acceptors (Lipinski definition) is 5. The zero-order valence-corrected chi connectivity index (χ0v) is 17.8. The minimum atomic E-state index is -0.245. The molecule has 5 rings (SSSR count). The third-order valence-corrected chi connectivity index (χ3v) is 6.95. The Morgan fingerprint density at radius 2 is 1.87 bits per heavy atom. The maximum absolute atomic E-state index is 13.2. The number of amides is 1. The molecule has 0 unspecified atom stereocenters. The lowest BCUT2D eigenvalue weighted by Crippen LogP contribution is -2.45. The van der Waals surface area contributed by atoms with Crippen LogP contribution in [0.3, 0.4) is 0 Å². The number of fused-ring (bicyclic) bond motifs is 1. The van der Waals surface area contributed by atoms with Crippen LogP contribution >= 0.6 is 0 Å². The summed E-state index contributed by atoms with van der Waals surface area (Å²) in [6, 6.07) is 6.73. The average molecular weight is 428 g/mol. The van der Waals surface area contributed by atoms with E-state index in [0.717, 1.165) is 62.3 Å². The summed E-state index contributed by atoms with van der Waals surface area (Å²) < 4.78 is 21.1. The second-order valence-electron chi connectivity index (χ2n) is 9.06. The van der Waals surface area contributed by atoms with Crippen molar-refractivity contribution in [3.8, 4) is 0 Å². The van der Waals surface area contributed by atoms with Crippen molar-refractivity contribution in [1.82, 2.24) is 25.2 Å². The van der Waals surface area contributed by atoms with E-state index in [1.54, 1.807) is 12.1 Å². The molecule has 0 radical (unpaired) electrons. The van der Waals surface area contributed by atoms with Crippen LogP contribution in [0.4, 0.5) is 4.39 Å². The number of carbonyl (C=O) groups is 1. The van der Waals surface area contributed by atoms with Gasteiger partial charge in [-0.15, -0.1) is 5.10 Å². The Kier molecular flexibility index (Phi) is 6.00. The minimum absolute atomic E-state index is 0.137. The first-order valence-electron chi connectivity index (χ1n) is 11.5. The quantitative estimate of drug-likeness (QED) is 0.794. The highest BCUT2D eigenvalue weighted by Crippen LogP contribution is 2.28. The molecular weight excluding hydrogens is 397 g/mol. The van der Waals surface area contributed by atoms with Crippen LogP contribution in [0.1, 0.15) is 61.6 Å². The van der Waals surface area contributed by atoms with Gasteiger partial charge < -0.3 is 10.1 Å². The summed E-state index contributed by atoms with van der Waals surface area (Å²) in [6.07, 6.45) is 6.29. The first kappa shape index (κ1) is 20.6. The van der Waals surface area contributed by atoms with Gasteiger partial charge in [0, 0.05) is 31.6 Å². The third-order valence-electron chi connectivity index (χ3n) is 6.95. The lowest BCUT2D eigenvalue weighted by molar-refractivity contribution is -0.125. The van der Waals surface area contributed by atoms with Crippen LogP contribution in [0.2, 0.25) is 0 Å². The third kappa shape index (κ3) is 4.65. The van der Waals surface area contributed by atoms with Gasteiger partial charge in [0.25, 0.3) is 0 Å². The van der Waals surface area contributed by atoms with Gasteiger partial charge in [0.05, 0.1) is 18.8 Å². The normalized spacial score (nSPS) is 23.1. The van der Waals surface area contributed by atoms with Crippen LogP contribution in [0.25, 0.3) is 0 Å². The molecule has 2 aromatic rings. The topological polar surface area (TPSA) is 72.3 Å². The molecule has 0 spiro atoms. The number of carbonyl (C=O) groups excluding carboxylic acids is 1. The highest BCUT2D eigenvalue weighted by Gasteiger charge is 2.29. The fourth-order valence-electron chi connectivity index (χ4n) is 5.02. The van der Waals surface area contributed by atoms with E-state index >= 15 is 0 Å². The molecule has 2 fully saturated rings. The molecule has 7 nitrogen and oxygen atoms in total. The Balaban J connectivity index is 1.13. The number of likely N-dealkylation sites (tertiary alicyclic amines) is 1. The summed E-state index contributed by atoms with van der Waals surface area (Å²) in [6.45, 7) is 3.69. The number of aromatic nitrogens is 3. The molecule has 2 aliphatic heterocycles. The zero-order chi connectivity index (χ0) is 21.2. The van der Waals surface area contributed by atoms with E-state index in [1.807, 2.05) is 4.68 Å². The number of benzene rings is 1. The lowest BCUT2D eigenvalue weighted by atomic mass is 10.0. The zero-order valence-electron chi connectivity index (χ0n) is 17.8. The summed E-state index contributed by atoms with van der Waals surface area (Å²) in [5.74, 6) is 0.251. The number of nitrogens with zero attached hydrogens (tertiary/aromatic N) is 4. The number of piperidine rings is 1. The van der Waals surface area contributed by atoms with E-state index in [-0.39, 0.29) is 29.8 Å². The molecule has 1 saturated heterocycles. The standard InChI is InChI=1S/C23H30FN5O2/c24-18-7-5-16(6-8-18)22-14-29-21(15-31-22)20(26-27-29)13-28-11-9-19(10-12-28)25-23(30)17-3-1-2-4-17/h5-8,17,19,22H,1-4,9-15H2,(H,25,30)/t22-/m1/s1. The summed E-state index contributed by atoms with van der Waals surface area (Å²) in [5.41, 5.74) is 2.94. The van der Waals surface area contributed by atoms with E-state index < -0.39 is 0 Å². The molecule has 1 aromatic heterocycles. The monoisotopic (exact) mass is 427 g/mol. The van der Waals surface area contributed by atoms with Crippen molar-refractivity contribution < 1.29 is 13.9 Å². The molecule has 1 aliphatic carbocycles. The fraction of sp³-hybridized carbons (Fsp3) is 0.609. The summed E-state index contributed by atoms with van der Waals surface area (Å²) in [4.78, 5) is 14.8. The minimum Gasteiger partial charge on any atom is -0.365 e.